The van der Waals surface area contributed by atoms with Gasteiger partial charge in [0, 0.05) is 47.7 Å². The van der Waals surface area contributed by atoms with Crippen molar-refractivity contribution < 1.29 is 28.6 Å². The Morgan fingerprint density at radius 2 is 1.75 bits per heavy atom. The zero-order valence-corrected chi connectivity index (χ0v) is 33.3. The van der Waals surface area contributed by atoms with Gasteiger partial charge in [0.1, 0.15) is 22.9 Å². The van der Waals surface area contributed by atoms with E-state index in [9.17, 15) is 19.1 Å². The molecule has 9 nitrogen and oxygen atoms in total. The van der Waals surface area contributed by atoms with E-state index in [4.69, 9.17) is 26.2 Å². The number of hydrogen-bond donors (Lipinski definition) is 1. The van der Waals surface area contributed by atoms with E-state index in [1.807, 2.05) is 69.8 Å². The van der Waals surface area contributed by atoms with Crippen molar-refractivity contribution in [1.82, 2.24) is 19.2 Å². The number of nitrogens with zero attached hydrogens (tertiary/aromatic N) is 4. The molecule has 3 aromatic carbocycles. The summed E-state index contributed by atoms with van der Waals surface area (Å²) in [6, 6.07) is 14.2. The molecule has 7 rings (SSSR count). The molecule has 0 radical (unpaired) electrons. The molecule has 2 aromatic heterocycles. The number of aryl methyl sites for hydroxylation is 3. The predicted molar refractivity (Wildman–Crippen MR) is 215 cm³/mol. The van der Waals surface area contributed by atoms with E-state index in [1.54, 1.807) is 6.07 Å². The number of ether oxygens (including phenoxy) is 2. The molecule has 0 amide bonds. The number of carboxylic acid groups (broad SMARTS) is 1. The molecule has 2 fully saturated rings. The molecule has 55 heavy (non-hydrogen) atoms. The van der Waals surface area contributed by atoms with Gasteiger partial charge < -0.3 is 24.0 Å². The number of carboxylic acids is 1. The first-order valence-electron chi connectivity index (χ1n) is 19.6. The third kappa shape index (κ3) is 8.41. The van der Waals surface area contributed by atoms with Gasteiger partial charge in [0.2, 0.25) is 0 Å². The summed E-state index contributed by atoms with van der Waals surface area (Å²) in [7, 11) is 1.92. The number of aromatic nitrogens is 3. The molecule has 5 aromatic rings. The molecule has 11 heteroatoms. The Hall–Kier alpha value is -4.41. The second-order valence-corrected chi connectivity index (χ2v) is 16.5. The normalized spacial score (nSPS) is 15.6. The lowest BCUT2D eigenvalue weighted by Gasteiger charge is -2.30. The summed E-state index contributed by atoms with van der Waals surface area (Å²) in [5, 5.41) is 17.5. The number of esters is 1. The first-order valence-corrected chi connectivity index (χ1v) is 20.0. The maximum absolute atomic E-state index is 14.8. The van der Waals surface area contributed by atoms with Crippen LogP contribution in [0.1, 0.15) is 86.2 Å². The highest BCUT2D eigenvalue weighted by molar-refractivity contribution is 6.35. The fourth-order valence-corrected chi connectivity index (χ4v) is 8.56. The maximum atomic E-state index is 14.8. The Morgan fingerprint density at radius 1 is 1.00 bits per heavy atom. The topological polar surface area (TPSA) is 98.8 Å². The summed E-state index contributed by atoms with van der Waals surface area (Å²) in [6.07, 6.45) is 6.60. The molecule has 2 aliphatic rings. The number of carbonyl (C=O) groups is 2. The van der Waals surface area contributed by atoms with Crippen LogP contribution in [0.2, 0.25) is 5.02 Å². The second kappa shape index (κ2) is 16.0. The van der Waals surface area contributed by atoms with Crippen molar-refractivity contribution >= 4 is 45.2 Å². The van der Waals surface area contributed by atoms with E-state index in [1.165, 1.54) is 25.0 Å². The Balaban J connectivity index is 1.29. The van der Waals surface area contributed by atoms with Gasteiger partial charge in [0.05, 0.1) is 28.8 Å². The number of fused-ring (bicyclic) bond motifs is 2. The van der Waals surface area contributed by atoms with Crippen LogP contribution in [0.5, 0.6) is 5.75 Å². The highest BCUT2D eigenvalue weighted by Gasteiger charge is 2.34. The fraction of sp³-hybridized carbons (Fsp3) is 0.477. The molecule has 1 aliphatic heterocycles. The Morgan fingerprint density at radius 3 is 2.44 bits per heavy atom. The van der Waals surface area contributed by atoms with Gasteiger partial charge in [-0.2, -0.15) is 5.10 Å². The van der Waals surface area contributed by atoms with Gasteiger partial charge >= 0.3 is 11.9 Å². The number of benzene rings is 3. The molecule has 0 spiro atoms. The molecule has 292 valence electrons. The largest absolute Gasteiger partial charge is 0.493 e. The Bertz CT molecular complexity index is 2230. The van der Waals surface area contributed by atoms with Crippen LogP contribution in [0.3, 0.4) is 0 Å². The second-order valence-electron chi connectivity index (χ2n) is 16.1. The maximum Gasteiger partial charge on any atom is 0.355 e. The minimum Gasteiger partial charge on any atom is -0.493 e. The summed E-state index contributed by atoms with van der Waals surface area (Å²) in [5.41, 5.74) is 5.16. The van der Waals surface area contributed by atoms with Crippen LogP contribution in [-0.4, -0.2) is 68.1 Å². The quantitative estimate of drug-likeness (QED) is 0.0837. The predicted octanol–water partition coefficient (Wildman–Crippen LogP) is 9.54. The van der Waals surface area contributed by atoms with Gasteiger partial charge in [0.15, 0.2) is 0 Å². The monoisotopic (exact) mass is 770 g/mol. The molecule has 0 unspecified atom stereocenters. The number of carbonyl (C=O) groups excluding carboxylic acids is 1. The smallest absolute Gasteiger partial charge is 0.355 e. The number of aliphatic carboxylic acids is 1. The molecule has 1 N–H and O–H groups in total. The molecule has 0 bridgehead atoms. The number of halogens is 2. The highest BCUT2D eigenvalue weighted by atomic mass is 35.5. The zero-order chi connectivity index (χ0) is 39.0. The van der Waals surface area contributed by atoms with Gasteiger partial charge in [-0.3, -0.25) is 9.48 Å². The molecule has 3 heterocycles. The molecule has 1 saturated heterocycles. The molecular formula is C44H52ClFN4O5. The number of piperidine rings is 1. The van der Waals surface area contributed by atoms with Crippen LogP contribution >= 0.6 is 11.6 Å². The van der Waals surface area contributed by atoms with E-state index >= 15 is 0 Å². The zero-order valence-electron chi connectivity index (χ0n) is 32.6. The van der Waals surface area contributed by atoms with E-state index < -0.39 is 11.6 Å². The highest BCUT2D eigenvalue weighted by Crippen LogP contribution is 2.43. The Labute approximate surface area is 327 Å². The first kappa shape index (κ1) is 38.8. The van der Waals surface area contributed by atoms with Gasteiger partial charge in [-0.1, -0.05) is 42.6 Å². The van der Waals surface area contributed by atoms with Crippen LogP contribution in [0.15, 0.2) is 48.5 Å². The van der Waals surface area contributed by atoms with Gasteiger partial charge in [0.25, 0.3) is 0 Å². The van der Waals surface area contributed by atoms with E-state index in [0.717, 1.165) is 62.6 Å². The minimum atomic E-state index is -0.741. The van der Waals surface area contributed by atoms with Crippen molar-refractivity contribution in [2.24, 2.45) is 18.9 Å². The summed E-state index contributed by atoms with van der Waals surface area (Å²) in [6.45, 7) is 10.8. The lowest BCUT2D eigenvalue weighted by atomic mass is 9.97. The Kier molecular flexibility index (Phi) is 11.3. The first-order chi connectivity index (χ1) is 26.3. The third-order valence-electron chi connectivity index (χ3n) is 11.7. The summed E-state index contributed by atoms with van der Waals surface area (Å²) < 4.78 is 30.7. The molecular weight excluding hydrogens is 719 g/mol. The van der Waals surface area contributed by atoms with Crippen LogP contribution in [-0.2, 0) is 29.5 Å². The molecule has 1 saturated carbocycles. The number of likely N-dealkylation sites (tertiary alicyclic amines) is 1. The summed E-state index contributed by atoms with van der Waals surface area (Å²) in [4.78, 5) is 28.8. The van der Waals surface area contributed by atoms with Crippen molar-refractivity contribution in [1.29, 1.82) is 0 Å². The van der Waals surface area contributed by atoms with Crippen molar-refractivity contribution in [2.45, 2.75) is 91.2 Å². The van der Waals surface area contributed by atoms with Crippen LogP contribution in [0, 0.1) is 31.5 Å². The summed E-state index contributed by atoms with van der Waals surface area (Å²) >= 11 is 7.16. The van der Waals surface area contributed by atoms with E-state index in [2.05, 4.69) is 9.47 Å². The van der Waals surface area contributed by atoms with Crippen molar-refractivity contribution in [3.8, 4) is 16.9 Å². The minimum absolute atomic E-state index is 0.294. The van der Waals surface area contributed by atoms with Crippen LogP contribution in [0.25, 0.3) is 32.8 Å². The molecule has 1 aliphatic carbocycles. The lowest BCUT2D eigenvalue weighted by Crippen LogP contribution is -2.38. The van der Waals surface area contributed by atoms with Gasteiger partial charge in [-0.25, -0.2) is 9.18 Å². The SMILES string of the molecule is Cc1nn(C)c(C)c1-c1c(Cl)ccc2c(CCCOc3cccc4cc(F)ccc34)c(C(=O)OC(C)(C)CCC3CC3)n(CCN3CCC(C(=O)O)CC3)c12. The molecule has 0 atom stereocenters. The van der Waals surface area contributed by atoms with E-state index in [0.29, 0.717) is 80.9 Å². The van der Waals surface area contributed by atoms with Gasteiger partial charge in [-0.15, -0.1) is 0 Å². The lowest BCUT2D eigenvalue weighted by molar-refractivity contribution is -0.143. The average Bonchev–Trinajstić information content (AvgIpc) is 3.88. The standard InChI is InChI=1S/C44H52ClFN4O5/c1-27-38(28(2)48(5)47-27)39-36(45)16-15-35-34(9-7-25-54-37-10-6-8-31-26-32(46)13-14-33(31)37)41(43(53)55-44(3,4)20-17-29-11-12-29)50(40(35)39)24-23-49-21-18-30(19-22-49)42(51)52/h6,8,10,13-16,26,29-30H,7,9,11-12,17-25H2,1-5H3,(H,51,52). The summed E-state index contributed by atoms with van der Waals surface area (Å²) in [5.74, 6) is -0.345. The number of hydrogen-bond acceptors (Lipinski definition) is 6. The fourth-order valence-electron chi connectivity index (χ4n) is 8.31. The van der Waals surface area contributed by atoms with Gasteiger partial charge in [-0.05, 0) is 127 Å². The van der Waals surface area contributed by atoms with Crippen molar-refractivity contribution in [2.75, 3.05) is 26.2 Å². The number of rotatable bonds is 15. The van der Waals surface area contributed by atoms with Crippen molar-refractivity contribution in [3.05, 3.63) is 82.0 Å². The third-order valence-corrected chi connectivity index (χ3v) is 12.0. The average molecular weight is 771 g/mol. The van der Waals surface area contributed by atoms with Crippen LogP contribution < -0.4 is 4.74 Å². The van der Waals surface area contributed by atoms with Crippen LogP contribution in [0.4, 0.5) is 4.39 Å². The van der Waals surface area contributed by atoms with Crippen molar-refractivity contribution in [3.63, 3.8) is 0 Å². The van der Waals surface area contributed by atoms with E-state index in [-0.39, 0.29) is 17.7 Å².